The van der Waals surface area contributed by atoms with Gasteiger partial charge in [0.1, 0.15) is 12.0 Å². The van der Waals surface area contributed by atoms with Crippen LogP contribution in [0.15, 0.2) is 33.5 Å². The van der Waals surface area contributed by atoms with Crippen LogP contribution < -0.4 is 5.32 Å². The first kappa shape index (κ1) is 7.91. The summed E-state index contributed by atoms with van der Waals surface area (Å²) in [5.41, 5.74) is 0.860. The lowest BCUT2D eigenvalue weighted by atomic mass is 10.3. The fourth-order valence-electron chi connectivity index (χ4n) is 1.09. The van der Waals surface area contributed by atoms with Gasteiger partial charge in [0, 0.05) is 7.05 Å². The van der Waals surface area contributed by atoms with Crippen molar-refractivity contribution in [3.05, 3.63) is 36.1 Å². The number of anilines is 1. The van der Waals surface area contributed by atoms with Gasteiger partial charge in [-0.05, 0) is 12.1 Å². The third kappa shape index (κ3) is 1.72. The van der Waals surface area contributed by atoms with E-state index < -0.39 is 0 Å². The number of aromatic nitrogens is 1. The first-order valence-electron chi connectivity index (χ1n) is 4.03. The molecule has 0 saturated heterocycles. The second-order valence-corrected chi connectivity index (χ2v) is 2.65. The molecule has 2 aromatic rings. The second kappa shape index (κ2) is 3.35. The van der Waals surface area contributed by atoms with E-state index in [4.69, 9.17) is 8.83 Å². The lowest BCUT2D eigenvalue weighted by Crippen LogP contribution is -1.89. The summed E-state index contributed by atoms with van der Waals surface area (Å²) < 4.78 is 10.3. The molecule has 4 heteroatoms. The monoisotopic (exact) mass is 178 g/mol. The Morgan fingerprint density at radius 2 is 2.38 bits per heavy atom. The molecule has 0 aromatic carbocycles. The molecule has 0 aliphatic carbocycles. The van der Waals surface area contributed by atoms with Gasteiger partial charge in [-0.25, -0.2) is 0 Å². The van der Waals surface area contributed by atoms with Crippen molar-refractivity contribution in [3.8, 4) is 0 Å². The maximum absolute atomic E-state index is 5.18. The van der Waals surface area contributed by atoms with Gasteiger partial charge in [0.25, 0.3) is 6.01 Å². The Morgan fingerprint density at radius 1 is 1.46 bits per heavy atom. The number of furan rings is 1. The van der Waals surface area contributed by atoms with E-state index in [1.54, 1.807) is 19.6 Å². The third-order valence-electron chi connectivity index (χ3n) is 1.70. The van der Waals surface area contributed by atoms with E-state index in [1.165, 1.54) is 0 Å². The normalized spacial score (nSPS) is 10.2. The molecule has 4 nitrogen and oxygen atoms in total. The molecular formula is C9H10N2O2. The van der Waals surface area contributed by atoms with Crippen molar-refractivity contribution >= 4 is 6.01 Å². The van der Waals surface area contributed by atoms with E-state index in [9.17, 15) is 0 Å². The van der Waals surface area contributed by atoms with Crippen molar-refractivity contribution in [1.29, 1.82) is 0 Å². The van der Waals surface area contributed by atoms with Crippen LogP contribution >= 0.6 is 0 Å². The van der Waals surface area contributed by atoms with Gasteiger partial charge >= 0.3 is 0 Å². The Hall–Kier alpha value is -1.71. The SMILES string of the molecule is CNc1nc(Cc2ccco2)co1. The Balaban J connectivity index is 2.10. The molecule has 0 radical (unpaired) electrons. The zero-order valence-corrected chi connectivity index (χ0v) is 7.28. The molecule has 2 aromatic heterocycles. The van der Waals surface area contributed by atoms with E-state index in [-0.39, 0.29) is 0 Å². The molecular weight excluding hydrogens is 168 g/mol. The van der Waals surface area contributed by atoms with Crippen molar-refractivity contribution in [3.63, 3.8) is 0 Å². The van der Waals surface area contributed by atoms with Crippen molar-refractivity contribution in [1.82, 2.24) is 4.98 Å². The van der Waals surface area contributed by atoms with Crippen LogP contribution in [-0.2, 0) is 6.42 Å². The third-order valence-corrected chi connectivity index (χ3v) is 1.70. The van der Waals surface area contributed by atoms with Gasteiger partial charge in [0.05, 0.1) is 18.4 Å². The number of oxazole rings is 1. The van der Waals surface area contributed by atoms with Crippen molar-refractivity contribution in [2.75, 3.05) is 12.4 Å². The Bertz CT molecular complexity index is 365. The second-order valence-electron chi connectivity index (χ2n) is 2.65. The van der Waals surface area contributed by atoms with Crippen LogP contribution in [0.25, 0.3) is 0 Å². The van der Waals surface area contributed by atoms with Gasteiger partial charge in [-0.1, -0.05) is 0 Å². The highest BCUT2D eigenvalue weighted by atomic mass is 16.4. The molecule has 2 heterocycles. The summed E-state index contributed by atoms with van der Waals surface area (Å²) in [6.07, 6.45) is 3.93. The predicted molar refractivity (Wildman–Crippen MR) is 47.6 cm³/mol. The van der Waals surface area contributed by atoms with Gasteiger partial charge in [-0.2, -0.15) is 4.98 Å². The van der Waals surface area contributed by atoms with Crippen LogP contribution in [0, 0.1) is 0 Å². The minimum absolute atomic E-state index is 0.529. The van der Waals surface area contributed by atoms with E-state index in [1.807, 2.05) is 12.1 Å². The Kier molecular flexibility index (Phi) is 2.04. The minimum Gasteiger partial charge on any atom is -0.469 e. The van der Waals surface area contributed by atoms with Gasteiger partial charge < -0.3 is 14.2 Å². The number of rotatable bonds is 3. The van der Waals surface area contributed by atoms with Crippen LogP contribution in [0.2, 0.25) is 0 Å². The molecule has 2 rings (SSSR count). The summed E-state index contributed by atoms with van der Waals surface area (Å²) in [4.78, 5) is 4.17. The molecule has 0 bridgehead atoms. The fraction of sp³-hybridized carbons (Fsp3) is 0.222. The van der Waals surface area contributed by atoms with Crippen LogP contribution in [0.1, 0.15) is 11.5 Å². The average molecular weight is 178 g/mol. The molecule has 0 spiro atoms. The minimum atomic E-state index is 0.529. The van der Waals surface area contributed by atoms with Crippen LogP contribution in [-0.4, -0.2) is 12.0 Å². The van der Waals surface area contributed by atoms with E-state index in [2.05, 4.69) is 10.3 Å². The molecule has 0 unspecified atom stereocenters. The van der Waals surface area contributed by atoms with E-state index >= 15 is 0 Å². The number of hydrogen-bond acceptors (Lipinski definition) is 4. The van der Waals surface area contributed by atoms with E-state index in [0.29, 0.717) is 12.4 Å². The zero-order valence-electron chi connectivity index (χ0n) is 7.28. The molecule has 68 valence electrons. The highest BCUT2D eigenvalue weighted by Gasteiger charge is 2.04. The summed E-state index contributed by atoms with van der Waals surface area (Å²) in [6.45, 7) is 0. The molecule has 13 heavy (non-hydrogen) atoms. The molecule has 0 saturated carbocycles. The van der Waals surface area contributed by atoms with Crippen molar-refractivity contribution in [2.45, 2.75) is 6.42 Å². The largest absolute Gasteiger partial charge is 0.469 e. The lowest BCUT2D eigenvalue weighted by molar-refractivity contribution is 0.518. The fourth-order valence-corrected chi connectivity index (χ4v) is 1.09. The number of nitrogens with one attached hydrogen (secondary N) is 1. The maximum Gasteiger partial charge on any atom is 0.294 e. The van der Waals surface area contributed by atoms with Gasteiger partial charge in [-0.15, -0.1) is 0 Å². The molecule has 1 N–H and O–H groups in total. The first-order chi connectivity index (χ1) is 6.38. The summed E-state index contributed by atoms with van der Waals surface area (Å²) in [5.74, 6) is 0.885. The van der Waals surface area contributed by atoms with Crippen molar-refractivity contribution in [2.24, 2.45) is 0 Å². The summed E-state index contributed by atoms with van der Waals surface area (Å²) in [7, 11) is 1.77. The zero-order chi connectivity index (χ0) is 9.10. The first-order valence-corrected chi connectivity index (χ1v) is 4.03. The highest BCUT2D eigenvalue weighted by molar-refractivity contribution is 5.21. The lowest BCUT2D eigenvalue weighted by Gasteiger charge is -1.89. The molecule has 0 amide bonds. The molecule has 0 aliphatic heterocycles. The Labute approximate surface area is 75.6 Å². The standard InChI is InChI=1S/C9H10N2O2/c1-10-9-11-7(6-13-9)5-8-3-2-4-12-8/h2-4,6H,5H2,1H3,(H,10,11). The summed E-state index contributed by atoms with van der Waals surface area (Å²) >= 11 is 0. The topological polar surface area (TPSA) is 51.2 Å². The van der Waals surface area contributed by atoms with Gasteiger partial charge in [0.15, 0.2) is 0 Å². The smallest absolute Gasteiger partial charge is 0.294 e. The predicted octanol–water partition coefficient (Wildman–Crippen LogP) is 1.90. The molecule has 0 atom stereocenters. The molecule has 0 fully saturated rings. The van der Waals surface area contributed by atoms with Crippen molar-refractivity contribution < 1.29 is 8.83 Å². The van der Waals surface area contributed by atoms with E-state index in [0.717, 1.165) is 11.5 Å². The van der Waals surface area contributed by atoms with Crippen LogP contribution in [0.5, 0.6) is 0 Å². The Morgan fingerprint density at radius 3 is 3.00 bits per heavy atom. The number of nitrogens with zero attached hydrogens (tertiary/aromatic N) is 1. The molecule has 0 aliphatic rings. The highest BCUT2D eigenvalue weighted by Crippen LogP contribution is 2.11. The summed E-state index contributed by atoms with van der Waals surface area (Å²) in [6, 6.07) is 4.30. The van der Waals surface area contributed by atoms with Gasteiger partial charge in [0.2, 0.25) is 0 Å². The average Bonchev–Trinajstić information content (AvgIpc) is 2.76. The van der Waals surface area contributed by atoms with Crippen LogP contribution in [0.4, 0.5) is 6.01 Å². The maximum atomic E-state index is 5.18. The quantitative estimate of drug-likeness (QED) is 0.779. The number of hydrogen-bond donors (Lipinski definition) is 1. The summed E-state index contributed by atoms with van der Waals surface area (Å²) in [5, 5.41) is 2.82. The van der Waals surface area contributed by atoms with Gasteiger partial charge in [-0.3, -0.25) is 0 Å². The van der Waals surface area contributed by atoms with Crippen LogP contribution in [0.3, 0.4) is 0 Å².